The van der Waals surface area contributed by atoms with Crippen molar-refractivity contribution in [2.75, 3.05) is 0 Å². The highest BCUT2D eigenvalue weighted by Gasteiger charge is 2.32. The molecule has 0 aromatic heterocycles. The lowest BCUT2D eigenvalue weighted by Crippen LogP contribution is -2.41. The predicted octanol–water partition coefficient (Wildman–Crippen LogP) is 4.21. The van der Waals surface area contributed by atoms with Crippen LogP contribution in [0.4, 0.5) is 13.2 Å². The summed E-state index contributed by atoms with van der Waals surface area (Å²) in [7, 11) is 0. The van der Waals surface area contributed by atoms with Crippen LogP contribution in [0.25, 0.3) is 0 Å². The van der Waals surface area contributed by atoms with Crippen LogP contribution in [0.5, 0.6) is 0 Å². The zero-order valence-corrected chi connectivity index (χ0v) is 12.9. The van der Waals surface area contributed by atoms with Crippen LogP contribution in [0.2, 0.25) is 0 Å². The molecule has 1 aromatic carbocycles. The monoisotopic (exact) mass is 307 g/mol. The van der Waals surface area contributed by atoms with Crippen molar-refractivity contribution < 1.29 is 17.7 Å². The highest BCUT2D eigenvalue weighted by molar-refractivity contribution is 7.90. The molecule has 0 saturated carbocycles. The van der Waals surface area contributed by atoms with Gasteiger partial charge in [-0.05, 0) is 44.9 Å². The van der Waals surface area contributed by atoms with Crippen LogP contribution in [-0.4, -0.2) is 9.30 Å². The van der Waals surface area contributed by atoms with E-state index in [0.29, 0.717) is 12.0 Å². The molecule has 0 unspecified atom stereocenters. The molecule has 20 heavy (non-hydrogen) atoms. The number of alkyl halides is 3. The fraction of sp³-hybridized carbons (Fsp3) is 0.571. The molecular weight excluding hydrogens is 287 g/mol. The van der Waals surface area contributed by atoms with E-state index in [9.17, 15) is 17.7 Å². The first-order chi connectivity index (χ1) is 9.05. The minimum Gasteiger partial charge on any atom is -0.598 e. The van der Waals surface area contributed by atoms with E-state index in [0.717, 1.165) is 12.1 Å². The molecule has 1 aromatic rings. The van der Waals surface area contributed by atoms with Crippen molar-refractivity contribution in [3.63, 3.8) is 0 Å². The number of rotatable bonds is 4. The molecule has 0 radical (unpaired) electrons. The lowest BCUT2D eigenvalue weighted by molar-refractivity contribution is -0.137. The van der Waals surface area contributed by atoms with Crippen LogP contribution >= 0.6 is 0 Å². The van der Waals surface area contributed by atoms with Gasteiger partial charge in [0.15, 0.2) is 0 Å². The average molecular weight is 307 g/mol. The first-order valence-corrected chi connectivity index (χ1v) is 7.56. The number of halogens is 3. The van der Waals surface area contributed by atoms with E-state index in [-0.39, 0.29) is 6.04 Å². The van der Waals surface area contributed by atoms with Crippen LogP contribution < -0.4 is 4.72 Å². The Bertz CT molecular complexity index is 443. The molecule has 0 heterocycles. The van der Waals surface area contributed by atoms with Crippen molar-refractivity contribution in [3.05, 3.63) is 35.4 Å². The second-order valence-corrected chi connectivity index (χ2v) is 7.58. The van der Waals surface area contributed by atoms with E-state index in [2.05, 4.69) is 4.72 Å². The topological polar surface area (TPSA) is 35.1 Å². The maximum absolute atomic E-state index is 12.7. The quantitative estimate of drug-likeness (QED) is 0.846. The van der Waals surface area contributed by atoms with E-state index in [1.54, 1.807) is 6.07 Å². The fourth-order valence-electron chi connectivity index (χ4n) is 1.62. The molecule has 6 heteroatoms. The molecule has 2 nitrogen and oxygen atoms in total. The van der Waals surface area contributed by atoms with Crippen LogP contribution in [0.3, 0.4) is 0 Å². The summed E-state index contributed by atoms with van der Waals surface area (Å²) in [5.41, 5.74) is -0.184. The Hall–Kier alpha value is -0.720. The average Bonchev–Trinajstić information content (AvgIpc) is 2.33. The molecule has 1 rings (SSSR count). The Morgan fingerprint density at radius 1 is 1.25 bits per heavy atom. The van der Waals surface area contributed by atoms with Crippen LogP contribution in [-0.2, 0) is 17.5 Å². The Balaban J connectivity index is 2.96. The van der Waals surface area contributed by atoms with Crippen molar-refractivity contribution in [1.29, 1.82) is 0 Å². The van der Waals surface area contributed by atoms with Crippen LogP contribution in [0.1, 0.15) is 51.3 Å². The van der Waals surface area contributed by atoms with Gasteiger partial charge in [-0.2, -0.15) is 13.2 Å². The van der Waals surface area contributed by atoms with Crippen molar-refractivity contribution >= 4 is 11.4 Å². The Morgan fingerprint density at radius 2 is 1.85 bits per heavy atom. The van der Waals surface area contributed by atoms with Gasteiger partial charge in [-0.3, -0.25) is 0 Å². The lowest BCUT2D eigenvalue weighted by atomic mass is 10.0. The molecule has 2 atom stereocenters. The van der Waals surface area contributed by atoms with Gasteiger partial charge in [-0.1, -0.05) is 19.1 Å². The highest BCUT2D eigenvalue weighted by Crippen LogP contribution is 2.31. The molecular formula is C14H20F3NOS. The largest absolute Gasteiger partial charge is 0.598 e. The second-order valence-electron chi connectivity index (χ2n) is 5.58. The molecule has 0 spiro atoms. The van der Waals surface area contributed by atoms with E-state index < -0.39 is 27.8 Å². The molecule has 0 aliphatic rings. The minimum absolute atomic E-state index is 0.364. The molecule has 0 aliphatic heterocycles. The summed E-state index contributed by atoms with van der Waals surface area (Å²) in [5, 5.41) is 0. The molecule has 0 amide bonds. The third kappa shape index (κ3) is 4.68. The van der Waals surface area contributed by atoms with Gasteiger partial charge in [0.25, 0.3) is 0 Å². The number of hydrogen-bond donors (Lipinski definition) is 1. The SMILES string of the molecule is CC[C@@H](N[S@+]([O-])C(C)(C)C)c1cccc(C(F)(F)F)c1. The zero-order chi connectivity index (χ0) is 15.6. The Kier molecular flexibility index (Phi) is 5.52. The third-order valence-corrected chi connectivity index (χ3v) is 4.44. The van der Waals surface area contributed by atoms with Gasteiger partial charge >= 0.3 is 6.18 Å². The number of nitrogens with one attached hydrogen (secondary N) is 1. The van der Waals surface area contributed by atoms with Gasteiger partial charge in [0, 0.05) is 11.4 Å². The minimum atomic E-state index is -4.36. The Morgan fingerprint density at radius 3 is 2.30 bits per heavy atom. The standard InChI is InChI=1S/C14H20F3NOS/c1-5-12(18-20(19)13(2,3)4)10-7-6-8-11(9-10)14(15,16)17/h6-9,12,18H,5H2,1-4H3/t12-,20-/m1/s1. The number of benzene rings is 1. The van der Waals surface area contributed by atoms with E-state index >= 15 is 0 Å². The molecule has 0 fully saturated rings. The molecule has 0 saturated heterocycles. The normalized spacial score (nSPS) is 16.0. The van der Waals surface area contributed by atoms with E-state index in [1.165, 1.54) is 6.07 Å². The second kappa shape index (κ2) is 6.37. The number of hydrogen-bond acceptors (Lipinski definition) is 2. The first-order valence-electron chi connectivity index (χ1n) is 6.41. The van der Waals surface area contributed by atoms with E-state index in [4.69, 9.17) is 0 Å². The van der Waals surface area contributed by atoms with Crippen LogP contribution in [0, 0.1) is 0 Å². The third-order valence-electron chi connectivity index (χ3n) is 2.83. The maximum atomic E-state index is 12.7. The summed E-state index contributed by atoms with van der Waals surface area (Å²) in [6.45, 7) is 7.29. The Labute approximate surface area is 121 Å². The van der Waals surface area contributed by atoms with Gasteiger partial charge in [0.1, 0.15) is 4.75 Å². The smallest absolute Gasteiger partial charge is 0.416 e. The molecule has 0 bridgehead atoms. The summed E-state index contributed by atoms with van der Waals surface area (Å²) in [6, 6.07) is 4.79. The van der Waals surface area contributed by atoms with Crippen molar-refractivity contribution in [1.82, 2.24) is 4.72 Å². The maximum Gasteiger partial charge on any atom is 0.416 e. The van der Waals surface area contributed by atoms with Crippen molar-refractivity contribution in [3.8, 4) is 0 Å². The van der Waals surface area contributed by atoms with Crippen LogP contribution in [0.15, 0.2) is 24.3 Å². The van der Waals surface area contributed by atoms with Gasteiger partial charge < -0.3 is 4.55 Å². The summed E-state index contributed by atoms with van der Waals surface area (Å²) in [4.78, 5) is 0. The summed E-state index contributed by atoms with van der Waals surface area (Å²) in [5.74, 6) is 0. The predicted molar refractivity (Wildman–Crippen MR) is 75.5 cm³/mol. The summed E-state index contributed by atoms with van der Waals surface area (Å²) in [6.07, 6.45) is -3.80. The highest BCUT2D eigenvalue weighted by atomic mass is 32.2. The summed E-state index contributed by atoms with van der Waals surface area (Å²) >= 11 is -1.33. The van der Waals surface area contributed by atoms with Gasteiger partial charge in [-0.15, -0.1) is 4.72 Å². The van der Waals surface area contributed by atoms with Crippen molar-refractivity contribution in [2.45, 2.75) is 51.1 Å². The zero-order valence-electron chi connectivity index (χ0n) is 12.0. The van der Waals surface area contributed by atoms with Gasteiger partial charge in [-0.25, -0.2) is 0 Å². The first kappa shape index (κ1) is 17.3. The molecule has 0 aliphatic carbocycles. The fourth-order valence-corrected chi connectivity index (χ4v) is 2.54. The molecule has 1 N–H and O–H groups in total. The van der Waals surface area contributed by atoms with Crippen molar-refractivity contribution in [2.24, 2.45) is 0 Å². The molecule has 114 valence electrons. The van der Waals surface area contributed by atoms with Gasteiger partial charge in [0.2, 0.25) is 0 Å². The summed E-state index contributed by atoms with van der Waals surface area (Å²) < 4.78 is 52.6. The van der Waals surface area contributed by atoms with E-state index in [1.807, 2.05) is 27.7 Å². The van der Waals surface area contributed by atoms with Gasteiger partial charge in [0.05, 0.1) is 11.6 Å². The lowest BCUT2D eigenvalue weighted by Gasteiger charge is -2.28.